The van der Waals surface area contributed by atoms with Crippen LogP contribution in [-0.2, 0) is 13.1 Å². The van der Waals surface area contributed by atoms with E-state index in [1.54, 1.807) is 23.0 Å². The topological polar surface area (TPSA) is 75.5 Å². The molecule has 3 heterocycles. The molecule has 26 heavy (non-hydrogen) atoms. The Morgan fingerprint density at radius 2 is 2.00 bits per heavy atom. The Hall–Kier alpha value is -3.13. The van der Waals surface area contributed by atoms with Crippen molar-refractivity contribution < 1.29 is 4.39 Å². The summed E-state index contributed by atoms with van der Waals surface area (Å²) in [5.41, 5.74) is 1.89. The molecule has 4 rings (SSSR count). The zero-order valence-electron chi connectivity index (χ0n) is 14.5. The highest BCUT2D eigenvalue weighted by Crippen LogP contribution is 2.25. The molecule has 0 radical (unpaired) electrons. The molecule has 0 saturated carbocycles. The van der Waals surface area contributed by atoms with Gasteiger partial charge in [-0.05, 0) is 32.3 Å². The number of rotatable bonds is 5. The van der Waals surface area contributed by atoms with Gasteiger partial charge in [-0.25, -0.2) is 19.0 Å². The van der Waals surface area contributed by atoms with E-state index < -0.39 is 0 Å². The van der Waals surface area contributed by atoms with Crippen LogP contribution in [0.25, 0.3) is 22.6 Å². The number of aromatic nitrogens is 6. The van der Waals surface area contributed by atoms with Gasteiger partial charge >= 0.3 is 0 Å². The average molecular weight is 351 g/mol. The predicted octanol–water partition coefficient (Wildman–Crippen LogP) is 2.47. The number of fused-ring (bicyclic) bond motifs is 1. The van der Waals surface area contributed by atoms with Crippen LogP contribution in [0, 0.1) is 5.82 Å². The minimum absolute atomic E-state index is 0.262. The molecule has 0 spiro atoms. The van der Waals surface area contributed by atoms with Gasteiger partial charge in [0.2, 0.25) is 0 Å². The van der Waals surface area contributed by atoms with E-state index in [1.807, 2.05) is 37.2 Å². The maximum atomic E-state index is 14.0. The highest BCUT2D eigenvalue weighted by molar-refractivity contribution is 5.89. The van der Waals surface area contributed by atoms with Crippen LogP contribution in [-0.4, -0.2) is 48.9 Å². The second-order valence-corrected chi connectivity index (χ2v) is 6.31. The van der Waals surface area contributed by atoms with Gasteiger partial charge in [0.25, 0.3) is 0 Å². The van der Waals surface area contributed by atoms with E-state index in [-0.39, 0.29) is 5.82 Å². The monoisotopic (exact) mass is 351 g/mol. The van der Waals surface area contributed by atoms with Crippen LogP contribution >= 0.6 is 0 Å². The molecule has 132 valence electrons. The molecule has 0 saturated heterocycles. The molecule has 4 aromatic rings. The lowest BCUT2D eigenvalue weighted by Gasteiger charge is -2.04. The normalized spacial score (nSPS) is 11.5. The highest BCUT2D eigenvalue weighted by Gasteiger charge is 2.17. The molecular formula is C18H18FN7. The number of benzene rings is 1. The lowest BCUT2D eigenvalue weighted by Crippen LogP contribution is -2.11. The molecule has 1 N–H and O–H groups in total. The Kier molecular flexibility index (Phi) is 4.18. The van der Waals surface area contributed by atoms with Gasteiger partial charge in [0.05, 0.1) is 18.5 Å². The molecular weight excluding hydrogens is 333 g/mol. The summed E-state index contributed by atoms with van der Waals surface area (Å²) < 4.78 is 15.7. The number of hydrogen-bond acceptors (Lipinski definition) is 5. The summed E-state index contributed by atoms with van der Waals surface area (Å²) in [6, 6.07) is 10.4. The Bertz CT molecular complexity index is 1050. The highest BCUT2D eigenvalue weighted by atomic mass is 19.1. The summed E-state index contributed by atoms with van der Waals surface area (Å²) in [7, 11) is 3.91. The fourth-order valence-corrected chi connectivity index (χ4v) is 2.84. The minimum Gasteiger partial charge on any atom is -0.302 e. The van der Waals surface area contributed by atoms with Gasteiger partial charge in [-0.2, -0.15) is 10.2 Å². The largest absolute Gasteiger partial charge is 0.302 e. The smallest absolute Gasteiger partial charge is 0.177 e. The maximum Gasteiger partial charge on any atom is 0.177 e. The molecule has 0 unspecified atom stereocenters. The summed E-state index contributed by atoms with van der Waals surface area (Å²) in [6.45, 7) is 0.918. The van der Waals surface area contributed by atoms with Gasteiger partial charge in [0.15, 0.2) is 17.3 Å². The lowest BCUT2D eigenvalue weighted by molar-refractivity contribution is 0.391. The quantitative estimate of drug-likeness (QED) is 0.598. The van der Waals surface area contributed by atoms with Crippen LogP contribution in [0.1, 0.15) is 11.4 Å². The van der Waals surface area contributed by atoms with E-state index in [0.29, 0.717) is 41.6 Å². The maximum absolute atomic E-state index is 14.0. The fraction of sp³-hybridized carbons (Fsp3) is 0.222. The summed E-state index contributed by atoms with van der Waals surface area (Å²) in [5.74, 6) is 0.999. The SMILES string of the molecule is CN(C)Cc1n[nH]c(-c2nn(Cc3ccccc3F)c3ncccc23)n1. The van der Waals surface area contributed by atoms with Crippen molar-refractivity contribution in [1.29, 1.82) is 0 Å². The van der Waals surface area contributed by atoms with Crippen molar-refractivity contribution in [2.45, 2.75) is 13.1 Å². The standard InChI is InChI=1S/C18H18FN7/c1-25(2)11-15-21-17(23-22-15)16-13-7-5-9-20-18(13)26(24-16)10-12-6-3-4-8-14(12)19/h3-9H,10-11H2,1-2H3,(H,21,22,23). The molecule has 0 bridgehead atoms. The van der Waals surface area contributed by atoms with E-state index >= 15 is 0 Å². The van der Waals surface area contributed by atoms with Gasteiger partial charge < -0.3 is 4.90 Å². The molecule has 0 fully saturated rings. The molecule has 0 aliphatic heterocycles. The van der Waals surface area contributed by atoms with Crippen molar-refractivity contribution in [2.24, 2.45) is 0 Å². The summed E-state index contributed by atoms with van der Waals surface area (Å²) >= 11 is 0. The van der Waals surface area contributed by atoms with Gasteiger partial charge in [-0.1, -0.05) is 18.2 Å². The van der Waals surface area contributed by atoms with Gasteiger partial charge in [-0.15, -0.1) is 0 Å². The van der Waals surface area contributed by atoms with Gasteiger partial charge in [0.1, 0.15) is 11.5 Å². The molecule has 7 nitrogen and oxygen atoms in total. The third-order valence-corrected chi connectivity index (χ3v) is 4.00. The van der Waals surface area contributed by atoms with Crippen LogP contribution in [0.15, 0.2) is 42.6 Å². The predicted molar refractivity (Wildman–Crippen MR) is 95.8 cm³/mol. The first-order chi connectivity index (χ1) is 12.6. The third kappa shape index (κ3) is 3.06. The van der Waals surface area contributed by atoms with Crippen molar-refractivity contribution in [2.75, 3.05) is 14.1 Å². The molecule has 0 amide bonds. The molecule has 0 aliphatic rings. The molecule has 0 aliphatic carbocycles. The first-order valence-electron chi connectivity index (χ1n) is 8.23. The second-order valence-electron chi connectivity index (χ2n) is 6.31. The summed E-state index contributed by atoms with van der Waals surface area (Å²) in [5, 5.41) is 12.7. The zero-order valence-corrected chi connectivity index (χ0v) is 14.5. The zero-order chi connectivity index (χ0) is 18.1. The minimum atomic E-state index is -0.262. The van der Waals surface area contributed by atoms with E-state index in [4.69, 9.17) is 0 Å². The lowest BCUT2D eigenvalue weighted by atomic mass is 10.2. The molecule has 8 heteroatoms. The number of aromatic amines is 1. The van der Waals surface area contributed by atoms with Gasteiger partial charge in [-0.3, -0.25) is 5.10 Å². The van der Waals surface area contributed by atoms with Crippen LogP contribution in [0.5, 0.6) is 0 Å². The number of halogens is 1. The summed E-state index contributed by atoms with van der Waals surface area (Å²) in [4.78, 5) is 10.9. The van der Waals surface area contributed by atoms with Crippen LogP contribution < -0.4 is 0 Å². The van der Waals surface area contributed by atoms with Crippen molar-refractivity contribution in [3.8, 4) is 11.5 Å². The van der Waals surface area contributed by atoms with Crippen molar-refractivity contribution in [1.82, 2.24) is 34.8 Å². The number of H-pyrrole nitrogens is 1. The molecule has 0 atom stereocenters. The third-order valence-electron chi connectivity index (χ3n) is 4.00. The summed E-state index contributed by atoms with van der Waals surface area (Å²) in [6.07, 6.45) is 1.70. The van der Waals surface area contributed by atoms with E-state index in [9.17, 15) is 4.39 Å². The van der Waals surface area contributed by atoms with Crippen LogP contribution in [0.4, 0.5) is 4.39 Å². The Labute approximate surface area is 149 Å². The van der Waals surface area contributed by atoms with Crippen LogP contribution in [0.2, 0.25) is 0 Å². The first-order valence-corrected chi connectivity index (χ1v) is 8.23. The number of pyridine rings is 1. The molecule has 1 aromatic carbocycles. The van der Waals surface area contributed by atoms with Crippen molar-refractivity contribution >= 4 is 11.0 Å². The molecule has 3 aromatic heterocycles. The second kappa shape index (κ2) is 6.64. The first kappa shape index (κ1) is 16.3. The van der Waals surface area contributed by atoms with Crippen LogP contribution in [0.3, 0.4) is 0 Å². The Morgan fingerprint density at radius 1 is 1.15 bits per heavy atom. The average Bonchev–Trinajstić information content (AvgIpc) is 3.21. The van der Waals surface area contributed by atoms with Gasteiger partial charge in [0, 0.05) is 11.8 Å². The van der Waals surface area contributed by atoms with Crippen molar-refractivity contribution in [3.63, 3.8) is 0 Å². The number of nitrogens with zero attached hydrogens (tertiary/aromatic N) is 6. The number of nitrogens with one attached hydrogen (secondary N) is 1. The fourth-order valence-electron chi connectivity index (χ4n) is 2.84. The number of hydrogen-bond donors (Lipinski definition) is 1. The van der Waals surface area contributed by atoms with E-state index in [2.05, 4.69) is 25.3 Å². The Balaban J connectivity index is 1.77. The van der Waals surface area contributed by atoms with E-state index in [1.165, 1.54) is 6.07 Å². The van der Waals surface area contributed by atoms with E-state index in [0.717, 1.165) is 5.39 Å². The Morgan fingerprint density at radius 3 is 2.81 bits per heavy atom. The van der Waals surface area contributed by atoms with Crippen molar-refractivity contribution in [3.05, 3.63) is 59.8 Å².